The number of benzene rings is 2. The minimum atomic E-state index is -3.50. The SMILES string of the molecule is CCN(CC)S(=O)(=O)c1ccc(NC(=O)CN(C)C2CCCc3ccccc32)cc1. The summed E-state index contributed by atoms with van der Waals surface area (Å²) in [5.74, 6) is -0.111. The fourth-order valence-corrected chi connectivity index (χ4v) is 5.60. The van der Waals surface area contributed by atoms with Crippen LogP contribution in [0.15, 0.2) is 53.4 Å². The van der Waals surface area contributed by atoms with Gasteiger partial charge in [0.05, 0.1) is 11.4 Å². The Morgan fingerprint density at radius 3 is 2.40 bits per heavy atom. The maximum absolute atomic E-state index is 12.6. The van der Waals surface area contributed by atoms with Crippen LogP contribution in [-0.2, 0) is 21.2 Å². The van der Waals surface area contributed by atoms with Crippen molar-refractivity contribution in [2.24, 2.45) is 0 Å². The van der Waals surface area contributed by atoms with Crippen LogP contribution in [0.1, 0.15) is 43.9 Å². The summed E-state index contributed by atoms with van der Waals surface area (Å²) in [5.41, 5.74) is 3.27. The lowest BCUT2D eigenvalue weighted by Gasteiger charge is -2.32. The molecule has 1 N–H and O–H groups in total. The zero-order chi connectivity index (χ0) is 21.7. The number of hydrogen-bond donors (Lipinski definition) is 1. The van der Waals surface area contributed by atoms with Crippen molar-refractivity contribution >= 4 is 21.6 Å². The quantitative estimate of drug-likeness (QED) is 0.695. The molecule has 1 aliphatic carbocycles. The average Bonchev–Trinajstić information content (AvgIpc) is 2.74. The monoisotopic (exact) mass is 429 g/mol. The van der Waals surface area contributed by atoms with Crippen LogP contribution in [0.4, 0.5) is 5.69 Å². The number of nitrogens with one attached hydrogen (secondary N) is 1. The molecule has 0 aromatic heterocycles. The highest BCUT2D eigenvalue weighted by Crippen LogP contribution is 2.33. The summed E-state index contributed by atoms with van der Waals surface area (Å²) in [7, 11) is -1.52. The summed E-state index contributed by atoms with van der Waals surface area (Å²) < 4.78 is 26.6. The van der Waals surface area contributed by atoms with E-state index in [2.05, 4.69) is 34.5 Å². The van der Waals surface area contributed by atoms with E-state index in [-0.39, 0.29) is 23.4 Å². The molecule has 1 aliphatic rings. The van der Waals surface area contributed by atoms with Gasteiger partial charge in [-0.1, -0.05) is 38.1 Å². The summed E-state index contributed by atoms with van der Waals surface area (Å²) in [5, 5.41) is 2.88. The highest BCUT2D eigenvalue weighted by atomic mass is 32.2. The van der Waals surface area contributed by atoms with Gasteiger partial charge in [0.15, 0.2) is 0 Å². The fourth-order valence-electron chi connectivity index (χ4n) is 4.15. The summed E-state index contributed by atoms with van der Waals surface area (Å²) in [6, 6.07) is 15.1. The second-order valence-corrected chi connectivity index (χ2v) is 9.62. The standard InChI is InChI=1S/C23H31N3O3S/c1-4-26(5-2)30(28,29)20-15-13-19(14-16-20)24-23(27)17-25(3)22-12-8-10-18-9-6-7-11-21(18)22/h6-7,9,11,13-16,22H,4-5,8,10,12,17H2,1-3H3,(H,24,27). The molecule has 0 saturated heterocycles. The first-order valence-electron chi connectivity index (χ1n) is 10.5. The molecular weight excluding hydrogens is 398 g/mol. The number of rotatable bonds is 8. The average molecular weight is 430 g/mol. The third-order valence-electron chi connectivity index (χ3n) is 5.74. The molecule has 6 nitrogen and oxygen atoms in total. The Morgan fingerprint density at radius 2 is 1.73 bits per heavy atom. The number of carbonyl (C=O) groups excluding carboxylic acids is 1. The topological polar surface area (TPSA) is 69.7 Å². The second kappa shape index (κ2) is 9.73. The van der Waals surface area contributed by atoms with E-state index < -0.39 is 10.0 Å². The van der Waals surface area contributed by atoms with E-state index in [0.29, 0.717) is 18.8 Å². The molecule has 0 aliphatic heterocycles. The van der Waals surface area contributed by atoms with Gasteiger partial charge in [0, 0.05) is 24.8 Å². The molecule has 1 atom stereocenters. The number of hydrogen-bond acceptors (Lipinski definition) is 4. The molecule has 0 bridgehead atoms. The van der Waals surface area contributed by atoms with Gasteiger partial charge in [0.25, 0.3) is 0 Å². The normalized spacial score (nSPS) is 16.5. The predicted molar refractivity (Wildman–Crippen MR) is 120 cm³/mol. The Bertz CT molecular complexity index is 969. The highest BCUT2D eigenvalue weighted by Gasteiger charge is 2.25. The zero-order valence-corrected chi connectivity index (χ0v) is 18.8. The fraction of sp³-hybridized carbons (Fsp3) is 0.435. The number of fused-ring (bicyclic) bond motifs is 1. The summed E-state index contributed by atoms with van der Waals surface area (Å²) in [6.45, 7) is 4.76. The Hall–Kier alpha value is -2.22. The maximum atomic E-state index is 12.6. The molecule has 0 radical (unpaired) electrons. The van der Waals surface area contributed by atoms with Gasteiger partial charge in [-0.25, -0.2) is 8.42 Å². The lowest BCUT2D eigenvalue weighted by Crippen LogP contribution is -2.35. The number of aryl methyl sites for hydroxylation is 1. The van der Waals surface area contributed by atoms with Crippen molar-refractivity contribution in [3.63, 3.8) is 0 Å². The van der Waals surface area contributed by atoms with Crippen LogP contribution in [0.2, 0.25) is 0 Å². The summed E-state index contributed by atoms with van der Waals surface area (Å²) in [4.78, 5) is 14.9. The molecule has 0 saturated carbocycles. The largest absolute Gasteiger partial charge is 0.325 e. The minimum absolute atomic E-state index is 0.111. The minimum Gasteiger partial charge on any atom is -0.325 e. The number of amides is 1. The van der Waals surface area contributed by atoms with Crippen LogP contribution >= 0.6 is 0 Å². The van der Waals surface area contributed by atoms with Crippen LogP contribution in [0.3, 0.4) is 0 Å². The smallest absolute Gasteiger partial charge is 0.243 e. The predicted octanol–water partition coefficient (Wildman–Crippen LogP) is 3.67. The lowest BCUT2D eigenvalue weighted by atomic mass is 9.87. The molecule has 3 rings (SSSR count). The summed E-state index contributed by atoms with van der Waals surface area (Å²) >= 11 is 0. The zero-order valence-electron chi connectivity index (χ0n) is 18.0. The number of carbonyl (C=O) groups is 1. The molecular formula is C23H31N3O3S. The van der Waals surface area contributed by atoms with Gasteiger partial charge in [-0.15, -0.1) is 0 Å². The third kappa shape index (κ3) is 4.91. The van der Waals surface area contributed by atoms with E-state index in [1.807, 2.05) is 20.9 Å². The molecule has 0 heterocycles. The molecule has 30 heavy (non-hydrogen) atoms. The maximum Gasteiger partial charge on any atom is 0.243 e. The van der Waals surface area contributed by atoms with Gasteiger partial charge >= 0.3 is 0 Å². The van der Waals surface area contributed by atoms with Crippen molar-refractivity contribution in [1.29, 1.82) is 0 Å². The van der Waals surface area contributed by atoms with Crippen molar-refractivity contribution in [2.45, 2.75) is 44.0 Å². The molecule has 0 fully saturated rings. The van der Waals surface area contributed by atoms with Crippen molar-refractivity contribution in [1.82, 2.24) is 9.21 Å². The number of nitrogens with zero attached hydrogens (tertiary/aromatic N) is 2. The van der Waals surface area contributed by atoms with E-state index >= 15 is 0 Å². The first-order chi connectivity index (χ1) is 14.4. The third-order valence-corrected chi connectivity index (χ3v) is 7.81. The van der Waals surface area contributed by atoms with E-state index in [9.17, 15) is 13.2 Å². The van der Waals surface area contributed by atoms with Gasteiger partial charge in [0.1, 0.15) is 0 Å². The summed E-state index contributed by atoms with van der Waals surface area (Å²) in [6.07, 6.45) is 3.25. The molecule has 0 spiro atoms. The molecule has 7 heteroatoms. The number of likely N-dealkylation sites (N-methyl/N-ethyl adjacent to an activating group) is 1. The highest BCUT2D eigenvalue weighted by molar-refractivity contribution is 7.89. The number of anilines is 1. The molecule has 1 amide bonds. The van der Waals surface area contributed by atoms with Crippen LogP contribution in [0.5, 0.6) is 0 Å². The first-order valence-corrected chi connectivity index (χ1v) is 12.0. The van der Waals surface area contributed by atoms with E-state index in [1.54, 1.807) is 24.3 Å². The molecule has 2 aromatic carbocycles. The van der Waals surface area contributed by atoms with Crippen molar-refractivity contribution in [2.75, 3.05) is 32.0 Å². The van der Waals surface area contributed by atoms with E-state index in [4.69, 9.17) is 0 Å². The van der Waals surface area contributed by atoms with Gasteiger partial charge < -0.3 is 5.32 Å². The Labute approximate surface area is 179 Å². The molecule has 1 unspecified atom stereocenters. The van der Waals surface area contributed by atoms with Crippen molar-refractivity contribution in [3.8, 4) is 0 Å². The molecule has 162 valence electrons. The van der Waals surface area contributed by atoms with Crippen molar-refractivity contribution in [3.05, 3.63) is 59.7 Å². The van der Waals surface area contributed by atoms with Gasteiger partial charge in [-0.05, 0) is 61.7 Å². The van der Waals surface area contributed by atoms with E-state index in [0.717, 1.165) is 19.3 Å². The Balaban J connectivity index is 1.63. The van der Waals surface area contributed by atoms with Crippen LogP contribution in [0.25, 0.3) is 0 Å². The van der Waals surface area contributed by atoms with Gasteiger partial charge in [-0.2, -0.15) is 4.31 Å². The van der Waals surface area contributed by atoms with Crippen LogP contribution in [0, 0.1) is 0 Å². The Morgan fingerprint density at radius 1 is 1.07 bits per heavy atom. The first kappa shape index (κ1) is 22.5. The lowest BCUT2D eigenvalue weighted by molar-refractivity contribution is -0.117. The van der Waals surface area contributed by atoms with Gasteiger partial charge in [0.2, 0.25) is 15.9 Å². The molecule has 2 aromatic rings. The van der Waals surface area contributed by atoms with Gasteiger partial charge in [-0.3, -0.25) is 9.69 Å². The van der Waals surface area contributed by atoms with E-state index in [1.165, 1.54) is 15.4 Å². The second-order valence-electron chi connectivity index (χ2n) is 7.68. The number of sulfonamides is 1. The van der Waals surface area contributed by atoms with Crippen molar-refractivity contribution < 1.29 is 13.2 Å². The van der Waals surface area contributed by atoms with Crippen LogP contribution in [-0.4, -0.2) is 50.2 Å². The Kier molecular flexibility index (Phi) is 7.28. The van der Waals surface area contributed by atoms with Crippen LogP contribution < -0.4 is 5.32 Å².